The Kier molecular flexibility index (Phi) is 4.40. The summed E-state index contributed by atoms with van der Waals surface area (Å²) in [7, 11) is -3.23. The first-order valence-corrected chi connectivity index (χ1v) is 9.59. The molecular weight excluding hydrogens is 333 g/mol. The van der Waals surface area contributed by atoms with Crippen LogP contribution >= 0.6 is 0 Å². The summed E-state index contributed by atoms with van der Waals surface area (Å²) in [5.41, 5.74) is 1.52. The Balaban J connectivity index is 2.00. The van der Waals surface area contributed by atoms with Gasteiger partial charge in [0.05, 0.1) is 22.9 Å². The molecule has 0 unspecified atom stereocenters. The first-order valence-electron chi connectivity index (χ1n) is 7.76. The van der Waals surface area contributed by atoms with Gasteiger partial charge in [-0.15, -0.1) is 0 Å². The van der Waals surface area contributed by atoms with Crippen LogP contribution in [0.15, 0.2) is 24.3 Å². The van der Waals surface area contributed by atoms with Crippen LogP contribution in [0, 0.1) is 5.82 Å². The predicted octanol–water partition coefficient (Wildman–Crippen LogP) is 2.57. The largest absolute Gasteiger partial charge is 0.310 e. The Morgan fingerprint density at radius 2 is 2.00 bits per heavy atom. The lowest BCUT2D eigenvalue weighted by Crippen LogP contribution is -2.16. The Morgan fingerprint density at radius 3 is 2.67 bits per heavy atom. The maximum absolute atomic E-state index is 13.1. The maximum Gasteiger partial charge on any atom is 0.225 e. The summed E-state index contributed by atoms with van der Waals surface area (Å²) in [6.45, 7) is 1.99. The van der Waals surface area contributed by atoms with Crippen molar-refractivity contribution in [1.29, 1.82) is 0 Å². The van der Waals surface area contributed by atoms with Crippen molar-refractivity contribution in [1.82, 2.24) is 9.78 Å². The van der Waals surface area contributed by atoms with Gasteiger partial charge >= 0.3 is 0 Å². The lowest BCUT2D eigenvalue weighted by molar-refractivity contribution is -0.116. The van der Waals surface area contributed by atoms with E-state index >= 15 is 0 Å². The van der Waals surface area contributed by atoms with Gasteiger partial charge in [0.15, 0.2) is 9.84 Å². The van der Waals surface area contributed by atoms with Crippen LogP contribution in [0.4, 0.5) is 10.2 Å². The second kappa shape index (κ2) is 6.35. The van der Waals surface area contributed by atoms with E-state index in [1.165, 1.54) is 28.9 Å². The van der Waals surface area contributed by atoms with Crippen molar-refractivity contribution in [3.8, 4) is 5.69 Å². The van der Waals surface area contributed by atoms with Gasteiger partial charge in [0.2, 0.25) is 5.91 Å². The summed E-state index contributed by atoms with van der Waals surface area (Å²) >= 11 is 0. The van der Waals surface area contributed by atoms with Crippen molar-refractivity contribution in [2.75, 3.05) is 5.32 Å². The molecule has 24 heavy (non-hydrogen) atoms. The van der Waals surface area contributed by atoms with E-state index in [4.69, 9.17) is 0 Å². The maximum atomic E-state index is 13.1. The third kappa shape index (κ3) is 3.33. The van der Waals surface area contributed by atoms with Gasteiger partial charge in [0.25, 0.3) is 0 Å². The second-order valence-corrected chi connectivity index (χ2v) is 7.91. The first-order chi connectivity index (χ1) is 11.4. The molecule has 8 heteroatoms. The molecule has 1 aliphatic rings. The van der Waals surface area contributed by atoms with Crippen LogP contribution in [0.25, 0.3) is 5.69 Å². The summed E-state index contributed by atoms with van der Waals surface area (Å²) in [5.74, 6) is -0.498. The number of rotatable bonds is 5. The topological polar surface area (TPSA) is 81.1 Å². The molecule has 0 fully saturated rings. The number of fused-ring (bicyclic) bond motifs is 1. The number of nitrogens with zero attached hydrogens (tertiary/aromatic N) is 2. The monoisotopic (exact) mass is 351 g/mol. The van der Waals surface area contributed by atoms with Crippen molar-refractivity contribution < 1.29 is 17.6 Å². The zero-order chi connectivity index (χ0) is 17.3. The van der Waals surface area contributed by atoms with E-state index < -0.39 is 9.84 Å². The highest BCUT2D eigenvalue weighted by molar-refractivity contribution is 7.90. The molecule has 0 saturated heterocycles. The molecule has 0 radical (unpaired) electrons. The number of nitrogens with one attached hydrogen (secondary N) is 1. The van der Waals surface area contributed by atoms with Crippen molar-refractivity contribution in [3.63, 3.8) is 0 Å². The lowest BCUT2D eigenvalue weighted by atomic mass is 10.2. The predicted molar refractivity (Wildman–Crippen MR) is 88.0 cm³/mol. The molecule has 128 valence electrons. The van der Waals surface area contributed by atoms with Gasteiger partial charge in [-0.2, -0.15) is 5.10 Å². The van der Waals surface area contributed by atoms with Crippen LogP contribution in [0.5, 0.6) is 0 Å². The zero-order valence-corrected chi connectivity index (χ0v) is 14.1. The highest BCUT2D eigenvalue weighted by Gasteiger charge is 2.33. The molecule has 0 saturated carbocycles. The molecule has 1 aliphatic heterocycles. The Labute approximate surface area is 139 Å². The third-order valence-corrected chi connectivity index (χ3v) is 5.32. The van der Waals surface area contributed by atoms with E-state index in [9.17, 15) is 17.6 Å². The minimum atomic E-state index is -3.23. The number of anilines is 1. The van der Waals surface area contributed by atoms with E-state index in [1.54, 1.807) is 0 Å². The fraction of sp³-hybridized carbons (Fsp3) is 0.375. The fourth-order valence-electron chi connectivity index (χ4n) is 2.67. The molecule has 1 aromatic carbocycles. The Morgan fingerprint density at radius 1 is 1.29 bits per heavy atom. The van der Waals surface area contributed by atoms with Gasteiger partial charge in [-0.1, -0.05) is 13.3 Å². The van der Waals surface area contributed by atoms with Gasteiger partial charge in [-0.05, 0) is 30.7 Å². The number of sulfone groups is 1. The van der Waals surface area contributed by atoms with Crippen LogP contribution in [-0.4, -0.2) is 24.1 Å². The standard InChI is InChI=1S/C16H18FN3O3S/c1-2-3-4-15(21)18-16-13-9-24(22,23)10-14(13)19-20(16)12-7-5-11(17)6-8-12/h5-8H,2-4,9-10H2,1H3,(H,18,21). The average molecular weight is 351 g/mol. The van der Waals surface area contributed by atoms with E-state index in [0.717, 1.165) is 12.8 Å². The molecule has 6 nitrogen and oxygen atoms in total. The second-order valence-electron chi connectivity index (χ2n) is 5.85. The van der Waals surface area contributed by atoms with E-state index in [-0.39, 0.29) is 23.2 Å². The van der Waals surface area contributed by atoms with Crippen LogP contribution in [0.1, 0.15) is 37.4 Å². The summed E-state index contributed by atoms with van der Waals surface area (Å²) in [5, 5.41) is 7.10. The normalized spacial score (nSPS) is 15.2. The van der Waals surface area contributed by atoms with Crippen molar-refractivity contribution >= 4 is 21.6 Å². The lowest BCUT2D eigenvalue weighted by Gasteiger charge is -2.11. The van der Waals surface area contributed by atoms with Gasteiger partial charge in [-0.25, -0.2) is 17.5 Å². The number of hydrogen-bond acceptors (Lipinski definition) is 4. The quantitative estimate of drug-likeness (QED) is 0.898. The number of benzene rings is 1. The molecule has 1 N–H and O–H groups in total. The van der Waals surface area contributed by atoms with Gasteiger partial charge in [0.1, 0.15) is 11.6 Å². The SMILES string of the molecule is CCCCC(=O)Nc1c2c(nn1-c1ccc(F)cc1)CS(=O)(=O)C2. The summed E-state index contributed by atoms with van der Waals surface area (Å²) in [6.07, 6.45) is 1.99. The molecule has 0 bridgehead atoms. The highest BCUT2D eigenvalue weighted by Crippen LogP contribution is 2.33. The number of carbonyl (C=O) groups excluding carboxylic acids is 1. The molecule has 0 atom stereocenters. The van der Waals surface area contributed by atoms with Gasteiger partial charge < -0.3 is 5.32 Å². The molecule has 0 aliphatic carbocycles. The fourth-order valence-corrected chi connectivity index (χ4v) is 4.17. The molecule has 2 heterocycles. The summed E-state index contributed by atoms with van der Waals surface area (Å²) in [6, 6.07) is 5.66. The van der Waals surface area contributed by atoms with Gasteiger partial charge in [0, 0.05) is 12.0 Å². The van der Waals surface area contributed by atoms with E-state index in [1.807, 2.05) is 6.92 Å². The molecule has 0 spiro atoms. The summed E-state index contributed by atoms with van der Waals surface area (Å²) < 4.78 is 38.3. The minimum Gasteiger partial charge on any atom is -0.310 e. The van der Waals surface area contributed by atoms with Crippen LogP contribution in [0.2, 0.25) is 0 Å². The number of unbranched alkanes of at least 4 members (excludes halogenated alkanes) is 1. The van der Waals surface area contributed by atoms with E-state index in [0.29, 0.717) is 29.2 Å². The molecule has 3 rings (SSSR count). The van der Waals surface area contributed by atoms with Crippen LogP contribution in [-0.2, 0) is 26.1 Å². The molecule has 1 amide bonds. The first kappa shape index (κ1) is 16.6. The van der Waals surface area contributed by atoms with E-state index in [2.05, 4.69) is 10.4 Å². The Hall–Kier alpha value is -2.22. The number of amides is 1. The summed E-state index contributed by atoms with van der Waals surface area (Å²) in [4.78, 5) is 12.1. The number of hydrogen-bond donors (Lipinski definition) is 1. The smallest absolute Gasteiger partial charge is 0.225 e. The van der Waals surface area contributed by atoms with Crippen LogP contribution in [0.3, 0.4) is 0 Å². The minimum absolute atomic E-state index is 0.144. The average Bonchev–Trinajstić information content (AvgIpc) is 2.99. The Bertz CT molecular complexity index is 873. The molecule has 1 aromatic heterocycles. The van der Waals surface area contributed by atoms with Crippen molar-refractivity contribution in [2.24, 2.45) is 0 Å². The zero-order valence-electron chi connectivity index (χ0n) is 13.3. The van der Waals surface area contributed by atoms with Crippen molar-refractivity contribution in [3.05, 3.63) is 41.3 Å². The number of halogens is 1. The van der Waals surface area contributed by atoms with Crippen LogP contribution < -0.4 is 5.32 Å². The van der Waals surface area contributed by atoms with Crippen molar-refractivity contribution in [2.45, 2.75) is 37.7 Å². The highest BCUT2D eigenvalue weighted by atomic mass is 32.2. The third-order valence-electron chi connectivity index (χ3n) is 3.87. The molecule has 2 aromatic rings. The number of aromatic nitrogens is 2. The number of carbonyl (C=O) groups is 1. The molecular formula is C16H18FN3O3S. The van der Waals surface area contributed by atoms with Gasteiger partial charge in [-0.3, -0.25) is 4.79 Å².